The van der Waals surface area contributed by atoms with E-state index in [2.05, 4.69) is 56.3 Å². The quantitative estimate of drug-likeness (QED) is 0.692. The van der Waals surface area contributed by atoms with Crippen LogP contribution in [-0.4, -0.2) is 18.5 Å². The Bertz CT molecular complexity index is 730. The largest absolute Gasteiger partial charge is 0.475 e. The van der Waals surface area contributed by atoms with Crippen molar-refractivity contribution in [3.63, 3.8) is 0 Å². The second kappa shape index (κ2) is 4.73. The lowest BCUT2D eigenvalue weighted by Crippen LogP contribution is -2.13. The molecule has 1 heterocycles. The summed E-state index contributed by atoms with van der Waals surface area (Å²) in [5.41, 5.74) is 6.63. The SMILES string of the molecule is CC(C)[C@H]1COC(c2cccc3c2Cc2ccccc2-3)=N1. The molecule has 2 aliphatic rings. The molecule has 0 amide bonds. The van der Waals surface area contributed by atoms with Gasteiger partial charge in [-0.2, -0.15) is 0 Å². The van der Waals surface area contributed by atoms with Gasteiger partial charge < -0.3 is 4.74 Å². The van der Waals surface area contributed by atoms with Gasteiger partial charge in [-0.1, -0.05) is 50.2 Å². The molecule has 0 bridgehead atoms. The van der Waals surface area contributed by atoms with Crippen LogP contribution in [0.2, 0.25) is 0 Å². The molecular weight excluding hydrogens is 258 g/mol. The second-order valence-electron chi connectivity index (χ2n) is 6.22. The number of fused-ring (bicyclic) bond motifs is 3. The van der Waals surface area contributed by atoms with Crippen LogP contribution < -0.4 is 0 Å². The molecule has 0 saturated carbocycles. The molecule has 1 atom stereocenters. The summed E-state index contributed by atoms with van der Waals surface area (Å²) >= 11 is 0. The van der Waals surface area contributed by atoms with Crippen molar-refractivity contribution in [1.29, 1.82) is 0 Å². The van der Waals surface area contributed by atoms with Crippen molar-refractivity contribution in [2.45, 2.75) is 26.3 Å². The Morgan fingerprint density at radius 2 is 1.76 bits per heavy atom. The summed E-state index contributed by atoms with van der Waals surface area (Å²) in [6, 6.07) is 15.4. The van der Waals surface area contributed by atoms with E-state index >= 15 is 0 Å². The summed E-state index contributed by atoms with van der Waals surface area (Å²) in [6.45, 7) is 5.11. The van der Waals surface area contributed by atoms with Gasteiger partial charge in [-0.05, 0) is 40.7 Å². The number of nitrogens with zero attached hydrogens (tertiary/aromatic N) is 1. The van der Waals surface area contributed by atoms with E-state index in [1.54, 1.807) is 0 Å². The minimum absolute atomic E-state index is 0.291. The summed E-state index contributed by atoms with van der Waals surface area (Å²) in [7, 11) is 0. The van der Waals surface area contributed by atoms with E-state index in [4.69, 9.17) is 9.73 Å². The van der Waals surface area contributed by atoms with E-state index in [0.29, 0.717) is 18.6 Å². The van der Waals surface area contributed by atoms with Gasteiger partial charge in [0, 0.05) is 5.56 Å². The van der Waals surface area contributed by atoms with Crippen molar-refractivity contribution >= 4 is 5.90 Å². The van der Waals surface area contributed by atoms with Crippen molar-refractivity contribution in [1.82, 2.24) is 0 Å². The predicted molar refractivity (Wildman–Crippen MR) is 85.8 cm³/mol. The highest BCUT2D eigenvalue weighted by Gasteiger charge is 2.27. The van der Waals surface area contributed by atoms with Crippen molar-refractivity contribution < 1.29 is 4.74 Å². The molecule has 0 aromatic heterocycles. The lowest BCUT2D eigenvalue weighted by Gasteiger charge is -2.08. The minimum atomic E-state index is 0.291. The van der Waals surface area contributed by atoms with Gasteiger partial charge in [0.2, 0.25) is 5.90 Å². The van der Waals surface area contributed by atoms with Crippen LogP contribution in [0.15, 0.2) is 47.5 Å². The van der Waals surface area contributed by atoms with E-state index in [1.165, 1.54) is 27.8 Å². The zero-order valence-electron chi connectivity index (χ0n) is 12.5. The van der Waals surface area contributed by atoms with Gasteiger partial charge in [-0.15, -0.1) is 0 Å². The first-order chi connectivity index (χ1) is 10.2. The summed E-state index contributed by atoms with van der Waals surface area (Å²) < 4.78 is 5.89. The third kappa shape index (κ3) is 1.98. The molecule has 2 heteroatoms. The molecular formula is C19H19NO. The van der Waals surface area contributed by atoms with E-state index in [0.717, 1.165) is 12.3 Å². The molecule has 1 aliphatic carbocycles. The van der Waals surface area contributed by atoms with Crippen molar-refractivity contribution in [2.75, 3.05) is 6.61 Å². The lowest BCUT2D eigenvalue weighted by atomic mass is 10.0. The Balaban J connectivity index is 1.79. The molecule has 2 aromatic carbocycles. The van der Waals surface area contributed by atoms with Crippen LogP contribution in [0, 0.1) is 5.92 Å². The fourth-order valence-electron chi connectivity index (χ4n) is 3.24. The van der Waals surface area contributed by atoms with Crippen LogP contribution in [0.25, 0.3) is 11.1 Å². The summed E-state index contributed by atoms with van der Waals surface area (Å²) in [6.07, 6.45) is 0.983. The van der Waals surface area contributed by atoms with Gasteiger partial charge in [0.05, 0.1) is 6.04 Å². The Kier molecular flexibility index (Phi) is 2.85. The fraction of sp³-hybridized carbons (Fsp3) is 0.316. The Morgan fingerprint density at radius 1 is 1.00 bits per heavy atom. The zero-order chi connectivity index (χ0) is 14.4. The zero-order valence-corrected chi connectivity index (χ0v) is 12.5. The Hall–Kier alpha value is -2.09. The molecule has 2 aromatic rings. The molecule has 0 saturated heterocycles. The Labute approximate surface area is 125 Å². The first-order valence-electron chi connectivity index (χ1n) is 7.65. The highest BCUT2D eigenvalue weighted by atomic mass is 16.5. The van der Waals surface area contributed by atoms with Crippen LogP contribution in [-0.2, 0) is 11.2 Å². The molecule has 0 spiro atoms. The van der Waals surface area contributed by atoms with E-state index in [1.807, 2.05) is 0 Å². The van der Waals surface area contributed by atoms with Crippen LogP contribution >= 0.6 is 0 Å². The predicted octanol–water partition coefficient (Wildman–Crippen LogP) is 4.06. The standard InChI is InChI=1S/C19H19NO/c1-12(2)18-11-21-19(20-18)16-9-5-8-15-14-7-4-3-6-13(14)10-17(15)16/h3-9,12,18H,10-11H2,1-2H3/t18-/m1/s1. The molecule has 4 rings (SSSR count). The average molecular weight is 277 g/mol. The number of ether oxygens (including phenoxy) is 1. The highest BCUT2D eigenvalue weighted by Crippen LogP contribution is 2.38. The van der Waals surface area contributed by atoms with Gasteiger partial charge in [-0.3, -0.25) is 0 Å². The number of hydrogen-bond donors (Lipinski definition) is 0. The van der Waals surface area contributed by atoms with Gasteiger partial charge in [0.25, 0.3) is 0 Å². The lowest BCUT2D eigenvalue weighted by molar-refractivity contribution is 0.291. The monoisotopic (exact) mass is 277 g/mol. The number of benzene rings is 2. The van der Waals surface area contributed by atoms with Crippen LogP contribution in [0.4, 0.5) is 0 Å². The molecule has 2 nitrogen and oxygen atoms in total. The molecule has 1 aliphatic heterocycles. The number of hydrogen-bond acceptors (Lipinski definition) is 2. The van der Waals surface area contributed by atoms with Crippen molar-refractivity contribution in [3.05, 3.63) is 59.2 Å². The maximum absolute atomic E-state index is 5.89. The third-order valence-electron chi connectivity index (χ3n) is 4.52. The average Bonchev–Trinajstić information content (AvgIpc) is 3.11. The smallest absolute Gasteiger partial charge is 0.216 e. The second-order valence-corrected chi connectivity index (χ2v) is 6.22. The van der Waals surface area contributed by atoms with Gasteiger partial charge in [-0.25, -0.2) is 4.99 Å². The van der Waals surface area contributed by atoms with Gasteiger partial charge >= 0.3 is 0 Å². The fourth-order valence-corrected chi connectivity index (χ4v) is 3.24. The Morgan fingerprint density at radius 3 is 2.57 bits per heavy atom. The van der Waals surface area contributed by atoms with E-state index in [-0.39, 0.29) is 0 Å². The summed E-state index contributed by atoms with van der Waals surface area (Å²) in [4.78, 5) is 4.79. The molecule has 106 valence electrons. The first kappa shape index (κ1) is 12.6. The minimum Gasteiger partial charge on any atom is -0.475 e. The summed E-state index contributed by atoms with van der Waals surface area (Å²) in [5, 5.41) is 0. The molecule has 21 heavy (non-hydrogen) atoms. The summed E-state index contributed by atoms with van der Waals surface area (Å²) in [5.74, 6) is 1.36. The van der Waals surface area contributed by atoms with Crippen molar-refractivity contribution in [2.24, 2.45) is 10.9 Å². The topological polar surface area (TPSA) is 21.6 Å². The number of aliphatic imine (C=N–C) groups is 1. The van der Waals surface area contributed by atoms with Crippen molar-refractivity contribution in [3.8, 4) is 11.1 Å². The normalized spacial score (nSPS) is 19.2. The molecule has 0 N–H and O–H groups in total. The van der Waals surface area contributed by atoms with Crippen LogP contribution in [0.1, 0.15) is 30.5 Å². The number of rotatable bonds is 2. The third-order valence-corrected chi connectivity index (χ3v) is 4.52. The van der Waals surface area contributed by atoms with Gasteiger partial charge in [0.1, 0.15) is 6.61 Å². The molecule has 0 radical (unpaired) electrons. The first-order valence-corrected chi connectivity index (χ1v) is 7.65. The maximum atomic E-state index is 5.89. The molecule has 0 fully saturated rings. The highest BCUT2D eigenvalue weighted by molar-refractivity contribution is 5.99. The van der Waals surface area contributed by atoms with Crippen LogP contribution in [0.3, 0.4) is 0 Å². The van der Waals surface area contributed by atoms with E-state index < -0.39 is 0 Å². The van der Waals surface area contributed by atoms with Gasteiger partial charge in [0.15, 0.2) is 0 Å². The molecule has 0 unspecified atom stereocenters. The van der Waals surface area contributed by atoms with Crippen LogP contribution in [0.5, 0.6) is 0 Å². The van der Waals surface area contributed by atoms with E-state index in [9.17, 15) is 0 Å². The maximum Gasteiger partial charge on any atom is 0.216 e.